The van der Waals surface area contributed by atoms with Gasteiger partial charge in [-0.05, 0) is 42.8 Å². The Labute approximate surface area is 135 Å². The van der Waals surface area contributed by atoms with Crippen molar-refractivity contribution in [2.45, 2.75) is 6.92 Å². The van der Waals surface area contributed by atoms with Crippen LogP contribution in [0.5, 0.6) is 0 Å². The standard InChI is InChI=1S/C16H14BrFN2O2/c1-10-8-11(17)6-7-14(10)20-15(21)9-19-16(22)12-4-2-3-5-13(12)18/h2-8H,9H2,1H3,(H,19,22)(H,20,21). The maximum Gasteiger partial charge on any atom is 0.254 e. The van der Waals surface area contributed by atoms with Gasteiger partial charge in [0.15, 0.2) is 0 Å². The summed E-state index contributed by atoms with van der Waals surface area (Å²) in [7, 11) is 0. The van der Waals surface area contributed by atoms with Crippen molar-refractivity contribution in [3.63, 3.8) is 0 Å². The van der Waals surface area contributed by atoms with Gasteiger partial charge >= 0.3 is 0 Å². The number of halogens is 2. The van der Waals surface area contributed by atoms with Crippen LogP contribution in [-0.2, 0) is 4.79 Å². The molecule has 0 aliphatic heterocycles. The Morgan fingerprint density at radius 1 is 1.18 bits per heavy atom. The number of nitrogens with one attached hydrogen (secondary N) is 2. The van der Waals surface area contributed by atoms with Crippen molar-refractivity contribution in [3.8, 4) is 0 Å². The molecule has 2 aromatic rings. The molecule has 2 amide bonds. The van der Waals surface area contributed by atoms with Crippen LogP contribution in [0.4, 0.5) is 10.1 Å². The molecule has 22 heavy (non-hydrogen) atoms. The molecule has 0 aliphatic rings. The Morgan fingerprint density at radius 3 is 2.59 bits per heavy atom. The summed E-state index contributed by atoms with van der Waals surface area (Å²) in [6, 6.07) is 11.0. The summed E-state index contributed by atoms with van der Waals surface area (Å²) in [4.78, 5) is 23.6. The number of amides is 2. The maximum absolute atomic E-state index is 13.4. The molecule has 0 radical (unpaired) electrons. The van der Waals surface area contributed by atoms with Gasteiger partial charge in [0.25, 0.3) is 5.91 Å². The quantitative estimate of drug-likeness (QED) is 0.874. The Morgan fingerprint density at radius 2 is 1.91 bits per heavy atom. The fourth-order valence-corrected chi connectivity index (χ4v) is 2.34. The van der Waals surface area contributed by atoms with Crippen LogP contribution in [0.1, 0.15) is 15.9 Å². The van der Waals surface area contributed by atoms with E-state index in [1.807, 2.05) is 13.0 Å². The number of hydrogen-bond acceptors (Lipinski definition) is 2. The average Bonchev–Trinajstić information content (AvgIpc) is 2.48. The van der Waals surface area contributed by atoms with Crippen LogP contribution in [0.3, 0.4) is 0 Å². The predicted octanol–water partition coefficient (Wildman–Crippen LogP) is 3.27. The summed E-state index contributed by atoms with van der Waals surface area (Å²) in [5.41, 5.74) is 1.46. The molecule has 2 rings (SSSR count). The first-order valence-electron chi connectivity index (χ1n) is 6.56. The van der Waals surface area contributed by atoms with E-state index in [0.29, 0.717) is 5.69 Å². The van der Waals surface area contributed by atoms with Gasteiger partial charge in [-0.3, -0.25) is 9.59 Å². The van der Waals surface area contributed by atoms with Gasteiger partial charge in [-0.2, -0.15) is 0 Å². The second kappa shape index (κ2) is 7.17. The minimum absolute atomic E-state index is 0.0878. The van der Waals surface area contributed by atoms with E-state index in [4.69, 9.17) is 0 Å². The molecule has 0 spiro atoms. The lowest BCUT2D eigenvalue weighted by atomic mass is 10.2. The van der Waals surface area contributed by atoms with Crippen molar-refractivity contribution >= 4 is 33.4 Å². The van der Waals surface area contributed by atoms with Gasteiger partial charge in [-0.15, -0.1) is 0 Å². The van der Waals surface area contributed by atoms with Crippen LogP contribution < -0.4 is 10.6 Å². The molecule has 0 atom stereocenters. The number of anilines is 1. The van der Waals surface area contributed by atoms with Gasteiger partial charge in [0, 0.05) is 10.2 Å². The number of rotatable bonds is 4. The number of aryl methyl sites for hydroxylation is 1. The van der Waals surface area contributed by atoms with Crippen LogP contribution in [0.25, 0.3) is 0 Å². The molecule has 0 aromatic heterocycles. The van der Waals surface area contributed by atoms with E-state index in [2.05, 4.69) is 26.6 Å². The van der Waals surface area contributed by atoms with Crippen LogP contribution in [0.15, 0.2) is 46.9 Å². The first kappa shape index (κ1) is 16.2. The summed E-state index contributed by atoms with van der Waals surface area (Å²) in [5.74, 6) is -1.62. The van der Waals surface area contributed by atoms with E-state index in [9.17, 15) is 14.0 Å². The smallest absolute Gasteiger partial charge is 0.254 e. The number of carbonyl (C=O) groups is 2. The van der Waals surface area contributed by atoms with Crippen LogP contribution >= 0.6 is 15.9 Å². The summed E-state index contributed by atoms with van der Waals surface area (Å²) in [6.07, 6.45) is 0. The third kappa shape index (κ3) is 4.14. The van der Waals surface area contributed by atoms with Crippen molar-refractivity contribution in [2.75, 3.05) is 11.9 Å². The molecule has 2 aromatic carbocycles. The van der Waals surface area contributed by atoms with E-state index in [1.54, 1.807) is 18.2 Å². The van der Waals surface area contributed by atoms with Gasteiger partial charge < -0.3 is 10.6 Å². The Hall–Kier alpha value is -2.21. The molecule has 0 bridgehead atoms. The highest BCUT2D eigenvalue weighted by Crippen LogP contribution is 2.19. The summed E-state index contributed by atoms with van der Waals surface area (Å²) in [5, 5.41) is 5.08. The van der Waals surface area contributed by atoms with Gasteiger partial charge in [0.05, 0.1) is 12.1 Å². The molecule has 114 valence electrons. The topological polar surface area (TPSA) is 58.2 Å². The SMILES string of the molecule is Cc1cc(Br)ccc1NC(=O)CNC(=O)c1ccccc1F. The Balaban J connectivity index is 1.93. The first-order chi connectivity index (χ1) is 10.5. The van der Waals surface area contributed by atoms with Crippen molar-refractivity contribution in [3.05, 3.63) is 63.9 Å². The van der Waals surface area contributed by atoms with Crippen molar-refractivity contribution < 1.29 is 14.0 Å². The molecule has 0 saturated heterocycles. The summed E-state index contributed by atoms with van der Waals surface area (Å²) >= 11 is 3.34. The maximum atomic E-state index is 13.4. The monoisotopic (exact) mass is 364 g/mol. The molecule has 6 heteroatoms. The van der Waals surface area contributed by atoms with Crippen LogP contribution in [0.2, 0.25) is 0 Å². The van der Waals surface area contributed by atoms with Gasteiger partial charge in [-0.25, -0.2) is 4.39 Å². The average molecular weight is 365 g/mol. The molecule has 0 aliphatic carbocycles. The minimum Gasteiger partial charge on any atom is -0.343 e. The lowest BCUT2D eigenvalue weighted by molar-refractivity contribution is -0.115. The van der Waals surface area contributed by atoms with E-state index < -0.39 is 11.7 Å². The fraction of sp³-hybridized carbons (Fsp3) is 0.125. The van der Waals surface area contributed by atoms with Gasteiger partial charge in [0.1, 0.15) is 5.82 Å². The van der Waals surface area contributed by atoms with Crippen LogP contribution in [-0.4, -0.2) is 18.4 Å². The normalized spacial score (nSPS) is 10.1. The third-order valence-electron chi connectivity index (χ3n) is 2.99. The lowest BCUT2D eigenvalue weighted by Crippen LogP contribution is -2.33. The molecule has 0 fully saturated rings. The molecule has 4 nitrogen and oxygen atoms in total. The number of benzene rings is 2. The van der Waals surface area contributed by atoms with E-state index >= 15 is 0 Å². The number of hydrogen-bond donors (Lipinski definition) is 2. The Kier molecular flexibility index (Phi) is 5.27. The molecule has 2 N–H and O–H groups in total. The third-order valence-corrected chi connectivity index (χ3v) is 3.48. The van der Waals surface area contributed by atoms with Crippen LogP contribution in [0, 0.1) is 12.7 Å². The zero-order chi connectivity index (χ0) is 16.1. The lowest BCUT2D eigenvalue weighted by Gasteiger charge is -2.10. The zero-order valence-corrected chi connectivity index (χ0v) is 13.4. The van der Waals surface area contributed by atoms with Gasteiger partial charge in [0.2, 0.25) is 5.91 Å². The summed E-state index contributed by atoms with van der Waals surface area (Å²) < 4.78 is 14.3. The molecule has 0 heterocycles. The highest BCUT2D eigenvalue weighted by molar-refractivity contribution is 9.10. The van der Waals surface area contributed by atoms with Gasteiger partial charge in [-0.1, -0.05) is 28.1 Å². The number of carbonyl (C=O) groups excluding carboxylic acids is 2. The van der Waals surface area contributed by atoms with Crippen molar-refractivity contribution in [1.82, 2.24) is 5.32 Å². The Bertz CT molecular complexity index is 719. The summed E-state index contributed by atoms with van der Waals surface area (Å²) in [6.45, 7) is 1.63. The fourth-order valence-electron chi connectivity index (χ4n) is 1.86. The second-order valence-electron chi connectivity index (χ2n) is 4.67. The molecule has 0 saturated carbocycles. The van der Waals surface area contributed by atoms with E-state index in [1.165, 1.54) is 18.2 Å². The largest absolute Gasteiger partial charge is 0.343 e. The molecular weight excluding hydrogens is 351 g/mol. The first-order valence-corrected chi connectivity index (χ1v) is 7.35. The van der Waals surface area contributed by atoms with E-state index in [0.717, 1.165) is 10.0 Å². The van der Waals surface area contributed by atoms with E-state index in [-0.39, 0.29) is 18.0 Å². The van der Waals surface area contributed by atoms with Crippen molar-refractivity contribution in [2.24, 2.45) is 0 Å². The molecular formula is C16H14BrFN2O2. The molecule has 0 unspecified atom stereocenters. The van der Waals surface area contributed by atoms with Crippen molar-refractivity contribution in [1.29, 1.82) is 0 Å². The highest BCUT2D eigenvalue weighted by atomic mass is 79.9. The predicted molar refractivity (Wildman–Crippen MR) is 86.2 cm³/mol. The minimum atomic E-state index is -0.624. The second-order valence-corrected chi connectivity index (χ2v) is 5.59. The zero-order valence-electron chi connectivity index (χ0n) is 11.8. The highest BCUT2D eigenvalue weighted by Gasteiger charge is 2.12.